The highest BCUT2D eigenvalue weighted by Gasteiger charge is 2.16. The molecule has 0 aliphatic rings. The van der Waals surface area contributed by atoms with E-state index in [1.54, 1.807) is 23.5 Å². The molecule has 0 saturated carbocycles. The molecule has 0 aliphatic heterocycles. The normalized spacial score (nSPS) is 13.9. The van der Waals surface area contributed by atoms with Crippen LogP contribution in [0.15, 0.2) is 60.1 Å². The van der Waals surface area contributed by atoms with Crippen LogP contribution in [0.2, 0.25) is 0 Å². The zero-order valence-corrected chi connectivity index (χ0v) is 13.4. The lowest BCUT2D eigenvalue weighted by Crippen LogP contribution is -2.27. The van der Waals surface area contributed by atoms with Crippen molar-refractivity contribution in [1.82, 2.24) is 0 Å². The van der Waals surface area contributed by atoms with Crippen LogP contribution in [0.1, 0.15) is 19.4 Å². The highest BCUT2D eigenvalue weighted by Crippen LogP contribution is 2.25. The molecule has 0 heterocycles. The average molecular weight is 289 g/mol. The lowest BCUT2D eigenvalue weighted by atomic mass is 10.1. The zero-order chi connectivity index (χ0) is 15.3. The van der Waals surface area contributed by atoms with Crippen LogP contribution in [0.5, 0.6) is 0 Å². The fourth-order valence-electron chi connectivity index (χ4n) is 1.79. The van der Waals surface area contributed by atoms with Gasteiger partial charge >= 0.3 is 0 Å². The SMILES string of the molecule is C=C(C)C=CC(=C)S(=C)(=O)N(C)c1ccccc1CC. The monoisotopic (exact) mass is 289 g/mol. The number of hydrogen-bond acceptors (Lipinski definition) is 1. The number of allylic oxidation sites excluding steroid dienone is 3. The van der Waals surface area contributed by atoms with Crippen LogP contribution in [-0.4, -0.2) is 17.1 Å². The van der Waals surface area contributed by atoms with E-state index in [0.717, 1.165) is 23.2 Å². The topological polar surface area (TPSA) is 20.3 Å². The number of hydrogen-bond donors (Lipinski definition) is 0. The molecule has 0 spiro atoms. The summed E-state index contributed by atoms with van der Waals surface area (Å²) in [6, 6.07) is 7.91. The van der Waals surface area contributed by atoms with Crippen molar-refractivity contribution in [3.8, 4) is 0 Å². The predicted molar refractivity (Wildman–Crippen MR) is 92.6 cm³/mol. The van der Waals surface area contributed by atoms with Crippen molar-refractivity contribution in [1.29, 1.82) is 0 Å². The van der Waals surface area contributed by atoms with Gasteiger partial charge in [-0.15, -0.1) is 0 Å². The highest BCUT2D eigenvalue weighted by atomic mass is 32.2. The maximum absolute atomic E-state index is 12.9. The Balaban J connectivity index is 3.15. The number of para-hydroxylation sites is 1. The van der Waals surface area contributed by atoms with Crippen LogP contribution >= 0.6 is 0 Å². The van der Waals surface area contributed by atoms with Crippen molar-refractivity contribution < 1.29 is 4.21 Å². The second-order valence-electron chi connectivity index (χ2n) is 4.77. The Morgan fingerprint density at radius 3 is 2.45 bits per heavy atom. The van der Waals surface area contributed by atoms with Gasteiger partial charge in [-0.05, 0) is 36.9 Å². The van der Waals surface area contributed by atoms with Gasteiger partial charge in [0.15, 0.2) is 0 Å². The third kappa shape index (κ3) is 3.64. The minimum atomic E-state index is -2.61. The molecule has 108 valence electrons. The molecule has 1 unspecified atom stereocenters. The Morgan fingerprint density at radius 2 is 1.90 bits per heavy atom. The summed E-state index contributed by atoms with van der Waals surface area (Å²) in [5, 5.41) is 0. The van der Waals surface area contributed by atoms with E-state index in [2.05, 4.69) is 26.0 Å². The molecule has 2 nitrogen and oxygen atoms in total. The van der Waals surface area contributed by atoms with Gasteiger partial charge in [-0.25, -0.2) is 4.21 Å². The molecule has 1 rings (SSSR count). The molecule has 20 heavy (non-hydrogen) atoms. The van der Waals surface area contributed by atoms with Crippen LogP contribution in [0, 0.1) is 0 Å². The van der Waals surface area contributed by atoms with Crippen LogP contribution in [0.4, 0.5) is 5.69 Å². The molecule has 0 saturated heterocycles. The van der Waals surface area contributed by atoms with E-state index in [0.29, 0.717) is 4.91 Å². The van der Waals surface area contributed by atoms with E-state index in [-0.39, 0.29) is 0 Å². The minimum Gasteiger partial charge on any atom is -0.299 e. The first-order valence-corrected chi connectivity index (χ1v) is 8.20. The van der Waals surface area contributed by atoms with Crippen LogP contribution < -0.4 is 4.31 Å². The quantitative estimate of drug-likeness (QED) is 0.573. The van der Waals surface area contributed by atoms with Crippen molar-refractivity contribution in [2.45, 2.75) is 20.3 Å². The van der Waals surface area contributed by atoms with Crippen LogP contribution in [0.25, 0.3) is 0 Å². The molecule has 0 aromatic heterocycles. The summed E-state index contributed by atoms with van der Waals surface area (Å²) in [5.74, 6) is 3.87. The summed E-state index contributed by atoms with van der Waals surface area (Å²) >= 11 is 0. The van der Waals surface area contributed by atoms with Gasteiger partial charge in [0, 0.05) is 12.0 Å². The molecule has 0 amide bonds. The Hall–Kier alpha value is -1.74. The van der Waals surface area contributed by atoms with Gasteiger partial charge in [0.2, 0.25) is 0 Å². The molecular weight excluding hydrogens is 266 g/mol. The molecule has 0 N–H and O–H groups in total. The molecule has 1 aromatic carbocycles. The fourth-order valence-corrected chi connectivity index (χ4v) is 2.92. The molecular formula is C17H23NOS. The molecule has 0 bridgehead atoms. The minimum absolute atomic E-state index is 0.494. The highest BCUT2D eigenvalue weighted by molar-refractivity contribution is 8.05. The van der Waals surface area contributed by atoms with Gasteiger partial charge < -0.3 is 0 Å². The van der Waals surface area contributed by atoms with Crippen molar-refractivity contribution in [3.05, 3.63) is 65.6 Å². The molecule has 0 radical (unpaired) electrons. The molecule has 3 heteroatoms. The molecule has 1 aromatic rings. The van der Waals surface area contributed by atoms with E-state index in [1.807, 2.05) is 31.2 Å². The van der Waals surface area contributed by atoms with Gasteiger partial charge in [-0.2, -0.15) is 0 Å². The van der Waals surface area contributed by atoms with E-state index in [4.69, 9.17) is 0 Å². The average Bonchev–Trinajstić information content (AvgIpc) is 2.43. The standard InChI is InChI=1S/C17H23NOS/c1-7-16-10-8-9-11-17(16)18(5)20(6,19)15(4)13-12-14(2)3/h8-13H,2,4,6-7H2,1,3,5H3. The Labute approximate surface area is 123 Å². The summed E-state index contributed by atoms with van der Waals surface area (Å²) in [6.45, 7) is 11.6. The van der Waals surface area contributed by atoms with Crippen LogP contribution in [0.3, 0.4) is 0 Å². The van der Waals surface area contributed by atoms with Gasteiger partial charge in [0.1, 0.15) is 0 Å². The van der Waals surface area contributed by atoms with Crippen molar-refractivity contribution >= 4 is 21.3 Å². The second-order valence-corrected chi connectivity index (χ2v) is 7.12. The van der Waals surface area contributed by atoms with Crippen molar-refractivity contribution in [2.75, 3.05) is 11.4 Å². The second kappa shape index (κ2) is 6.62. The van der Waals surface area contributed by atoms with E-state index in [1.165, 1.54) is 0 Å². The van der Waals surface area contributed by atoms with Gasteiger partial charge in [0.25, 0.3) is 0 Å². The molecule has 0 fully saturated rings. The molecule has 0 aliphatic carbocycles. The third-order valence-corrected chi connectivity index (χ3v) is 5.15. The Morgan fingerprint density at radius 1 is 1.30 bits per heavy atom. The van der Waals surface area contributed by atoms with Crippen molar-refractivity contribution in [2.24, 2.45) is 0 Å². The number of rotatable bonds is 6. The van der Waals surface area contributed by atoms with Crippen molar-refractivity contribution in [3.63, 3.8) is 0 Å². The maximum atomic E-state index is 12.9. The number of aryl methyl sites for hydroxylation is 1. The van der Waals surface area contributed by atoms with Gasteiger partial charge in [-0.3, -0.25) is 4.31 Å². The fraction of sp³-hybridized carbons (Fsp3) is 0.235. The number of anilines is 1. The van der Waals surface area contributed by atoms with E-state index in [9.17, 15) is 4.21 Å². The van der Waals surface area contributed by atoms with Crippen LogP contribution in [-0.2, 0) is 16.1 Å². The first kappa shape index (κ1) is 16.3. The molecule has 1 atom stereocenters. The lowest BCUT2D eigenvalue weighted by Gasteiger charge is -2.26. The van der Waals surface area contributed by atoms with E-state index >= 15 is 0 Å². The summed E-state index contributed by atoms with van der Waals surface area (Å²) in [7, 11) is -0.814. The zero-order valence-electron chi connectivity index (χ0n) is 12.6. The first-order chi connectivity index (χ1) is 9.30. The summed E-state index contributed by atoms with van der Waals surface area (Å²) in [4.78, 5) is 0.494. The Bertz CT molecular complexity index is 639. The summed E-state index contributed by atoms with van der Waals surface area (Å²) < 4.78 is 14.6. The third-order valence-electron chi connectivity index (χ3n) is 3.12. The largest absolute Gasteiger partial charge is 0.299 e. The van der Waals surface area contributed by atoms with Gasteiger partial charge in [-0.1, -0.05) is 49.9 Å². The number of benzene rings is 1. The predicted octanol–water partition coefficient (Wildman–Crippen LogP) is 3.96. The van der Waals surface area contributed by atoms with E-state index < -0.39 is 9.71 Å². The lowest BCUT2D eigenvalue weighted by molar-refractivity contribution is 0.684. The summed E-state index contributed by atoms with van der Waals surface area (Å²) in [5.41, 5.74) is 2.96. The Kier molecular flexibility index (Phi) is 5.40. The smallest absolute Gasteiger partial charge is 0.0754 e. The van der Waals surface area contributed by atoms with Gasteiger partial charge in [0.05, 0.1) is 15.4 Å². The first-order valence-electron chi connectivity index (χ1n) is 6.52. The summed E-state index contributed by atoms with van der Waals surface area (Å²) in [6.07, 6.45) is 4.40. The maximum Gasteiger partial charge on any atom is 0.0754 e. The number of nitrogens with zero attached hydrogens (tertiary/aromatic N) is 1.